The van der Waals surface area contributed by atoms with Gasteiger partial charge in [0.05, 0.1) is 0 Å². The van der Waals surface area contributed by atoms with Crippen molar-refractivity contribution >= 4 is 5.69 Å². The first-order valence-electron chi connectivity index (χ1n) is 4.90. The highest BCUT2D eigenvalue weighted by Gasteiger charge is 2.19. The molecule has 0 amide bonds. The highest BCUT2D eigenvalue weighted by Crippen LogP contribution is 2.27. The summed E-state index contributed by atoms with van der Waals surface area (Å²) in [5.41, 5.74) is 7.75. The van der Waals surface area contributed by atoms with Crippen LogP contribution in [0.3, 0.4) is 0 Å². The monoisotopic (exact) mass is 176 g/mol. The predicted molar refractivity (Wildman–Crippen MR) is 55.3 cm³/mol. The van der Waals surface area contributed by atoms with Crippen molar-refractivity contribution in [2.45, 2.75) is 19.4 Å². The first kappa shape index (κ1) is 8.57. The van der Waals surface area contributed by atoms with Crippen molar-refractivity contribution in [2.24, 2.45) is 5.92 Å². The molecule has 2 nitrogen and oxygen atoms in total. The second-order valence-electron chi connectivity index (χ2n) is 3.82. The summed E-state index contributed by atoms with van der Waals surface area (Å²) in [5, 5.41) is 3.44. The fourth-order valence-electron chi connectivity index (χ4n) is 1.38. The van der Waals surface area contributed by atoms with E-state index in [2.05, 4.69) is 17.4 Å². The van der Waals surface area contributed by atoms with Crippen LogP contribution >= 0.6 is 0 Å². The van der Waals surface area contributed by atoms with Crippen molar-refractivity contribution in [3.8, 4) is 0 Å². The number of benzene rings is 1. The van der Waals surface area contributed by atoms with Crippen LogP contribution in [-0.4, -0.2) is 6.54 Å². The molecular weight excluding hydrogens is 160 g/mol. The summed E-state index contributed by atoms with van der Waals surface area (Å²) in [6.07, 6.45) is 2.82. The largest absolute Gasteiger partial charge is 0.399 e. The molecule has 1 aromatic rings. The third kappa shape index (κ3) is 2.74. The second kappa shape index (κ2) is 3.79. The van der Waals surface area contributed by atoms with Crippen LogP contribution < -0.4 is 11.1 Å². The Kier molecular flexibility index (Phi) is 2.50. The van der Waals surface area contributed by atoms with Crippen LogP contribution in [-0.2, 0) is 6.54 Å². The average Bonchev–Trinajstić information content (AvgIpc) is 2.92. The van der Waals surface area contributed by atoms with Gasteiger partial charge >= 0.3 is 0 Å². The summed E-state index contributed by atoms with van der Waals surface area (Å²) in [4.78, 5) is 0. The van der Waals surface area contributed by atoms with E-state index in [-0.39, 0.29) is 0 Å². The van der Waals surface area contributed by atoms with E-state index in [1.807, 2.05) is 12.1 Å². The number of nitrogen functional groups attached to an aromatic ring is 1. The molecule has 0 heterocycles. The Morgan fingerprint density at radius 3 is 2.54 bits per heavy atom. The topological polar surface area (TPSA) is 38.0 Å². The van der Waals surface area contributed by atoms with E-state index in [1.54, 1.807) is 0 Å². The van der Waals surface area contributed by atoms with E-state index in [0.29, 0.717) is 0 Å². The maximum Gasteiger partial charge on any atom is 0.0314 e. The van der Waals surface area contributed by atoms with Crippen LogP contribution in [0.4, 0.5) is 5.69 Å². The fourth-order valence-corrected chi connectivity index (χ4v) is 1.38. The summed E-state index contributed by atoms with van der Waals surface area (Å²) < 4.78 is 0. The molecule has 0 unspecified atom stereocenters. The first-order chi connectivity index (χ1) is 6.34. The van der Waals surface area contributed by atoms with Crippen LogP contribution in [0.15, 0.2) is 24.3 Å². The minimum atomic E-state index is 0.839. The van der Waals surface area contributed by atoms with Crippen molar-refractivity contribution in [1.29, 1.82) is 0 Å². The van der Waals surface area contributed by atoms with Gasteiger partial charge in [0, 0.05) is 12.2 Å². The Bertz CT molecular complexity index is 262. The lowest BCUT2D eigenvalue weighted by atomic mass is 10.2. The molecule has 1 aliphatic carbocycles. The molecule has 0 radical (unpaired) electrons. The van der Waals surface area contributed by atoms with E-state index in [0.717, 1.165) is 18.2 Å². The molecule has 1 saturated carbocycles. The van der Waals surface area contributed by atoms with Crippen LogP contribution in [0.1, 0.15) is 18.4 Å². The molecule has 70 valence electrons. The lowest BCUT2D eigenvalue weighted by molar-refractivity contribution is 0.639. The SMILES string of the molecule is Nc1ccc(CNCC2CC2)cc1. The number of nitrogens with one attached hydrogen (secondary N) is 1. The molecule has 3 N–H and O–H groups in total. The summed E-state index contributed by atoms with van der Waals surface area (Å²) in [6, 6.07) is 8.06. The van der Waals surface area contributed by atoms with Gasteiger partial charge in [-0.2, -0.15) is 0 Å². The minimum Gasteiger partial charge on any atom is -0.399 e. The van der Waals surface area contributed by atoms with Gasteiger partial charge in [-0.1, -0.05) is 12.1 Å². The highest BCUT2D eigenvalue weighted by atomic mass is 14.9. The van der Waals surface area contributed by atoms with E-state index in [1.165, 1.54) is 24.9 Å². The lowest BCUT2D eigenvalue weighted by Gasteiger charge is -2.03. The molecule has 2 heteroatoms. The van der Waals surface area contributed by atoms with Gasteiger partial charge in [0.1, 0.15) is 0 Å². The number of anilines is 1. The van der Waals surface area contributed by atoms with Crippen LogP contribution in [0, 0.1) is 5.92 Å². The van der Waals surface area contributed by atoms with Gasteiger partial charge in [0.25, 0.3) is 0 Å². The lowest BCUT2D eigenvalue weighted by Crippen LogP contribution is -2.15. The standard InChI is InChI=1S/C11H16N2/c12-11-5-3-10(4-6-11)8-13-7-9-1-2-9/h3-6,9,13H,1-2,7-8,12H2. The van der Waals surface area contributed by atoms with E-state index in [4.69, 9.17) is 5.73 Å². The third-order valence-corrected chi connectivity index (χ3v) is 2.44. The summed E-state index contributed by atoms with van der Waals surface area (Å²) in [5.74, 6) is 0.953. The Morgan fingerprint density at radius 1 is 1.23 bits per heavy atom. The molecular formula is C11H16N2. The van der Waals surface area contributed by atoms with Gasteiger partial charge in [-0.05, 0) is 43.0 Å². The van der Waals surface area contributed by atoms with E-state index >= 15 is 0 Å². The Morgan fingerprint density at radius 2 is 1.92 bits per heavy atom. The number of hydrogen-bond acceptors (Lipinski definition) is 2. The van der Waals surface area contributed by atoms with Gasteiger partial charge in [-0.25, -0.2) is 0 Å². The van der Waals surface area contributed by atoms with Crippen LogP contribution in [0.5, 0.6) is 0 Å². The molecule has 2 rings (SSSR count). The molecule has 1 aliphatic rings. The van der Waals surface area contributed by atoms with Gasteiger partial charge < -0.3 is 11.1 Å². The van der Waals surface area contributed by atoms with Gasteiger partial charge in [-0.3, -0.25) is 0 Å². The summed E-state index contributed by atoms with van der Waals surface area (Å²) in [7, 11) is 0. The maximum absolute atomic E-state index is 5.59. The van der Waals surface area contributed by atoms with Crippen molar-refractivity contribution in [2.75, 3.05) is 12.3 Å². The number of hydrogen-bond donors (Lipinski definition) is 2. The van der Waals surface area contributed by atoms with Crippen molar-refractivity contribution in [3.63, 3.8) is 0 Å². The molecule has 1 fully saturated rings. The average molecular weight is 176 g/mol. The van der Waals surface area contributed by atoms with Crippen molar-refractivity contribution < 1.29 is 0 Å². The zero-order valence-electron chi connectivity index (χ0n) is 7.79. The smallest absolute Gasteiger partial charge is 0.0314 e. The van der Waals surface area contributed by atoms with E-state index < -0.39 is 0 Å². The summed E-state index contributed by atoms with van der Waals surface area (Å²) in [6.45, 7) is 2.14. The zero-order chi connectivity index (χ0) is 9.10. The fraction of sp³-hybridized carbons (Fsp3) is 0.455. The van der Waals surface area contributed by atoms with Crippen LogP contribution in [0.25, 0.3) is 0 Å². The van der Waals surface area contributed by atoms with E-state index in [9.17, 15) is 0 Å². The van der Waals surface area contributed by atoms with Gasteiger partial charge in [0.15, 0.2) is 0 Å². The van der Waals surface area contributed by atoms with Gasteiger partial charge in [0.2, 0.25) is 0 Å². The molecule has 0 aromatic heterocycles. The Balaban J connectivity index is 1.76. The molecule has 0 spiro atoms. The van der Waals surface area contributed by atoms with Crippen molar-refractivity contribution in [1.82, 2.24) is 5.32 Å². The molecule has 1 aromatic carbocycles. The number of rotatable bonds is 4. The summed E-state index contributed by atoms with van der Waals surface area (Å²) >= 11 is 0. The third-order valence-electron chi connectivity index (χ3n) is 2.44. The Hall–Kier alpha value is -1.02. The first-order valence-corrected chi connectivity index (χ1v) is 4.90. The molecule has 0 bridgehead atoms. The van der Waals surface area contributed by atoms with Crippen LogP contribution in [0.2, 0.25) is 0 Å². The Labute approximate surface area is 79.1 Å². The quantitative estimate of drug-likeness (QED) is 0.686. The molecule has 0 atom stereocenters. The molecule has 0 saturated heterocycles. The van der Waals surface area contributed by atoms with Gasteiger partial charge in [-0.15, -0.1) is 0 Å². The second-order valence-corrected chi connectivity index (χ2v) is 3.82. The zero-order valence-corrected chi connectivity index (χ0v) is 7.79. The molecule has 0 aliphatic heterocycles. The molecule has 13 heavy (non-hydrogen) atoms. The number of nitrogens with two attached hydrogens (primary N) is 1. The van der Waals surface area contributed by atoms with Crippen molar-refractivity contribution in [3.05, 3.63) is 29.8 Å². The normalized spacial score (nSPS) is 16.0. The highest BCUT2D eigenvalue weighted by molar-refractivity contribution is 5.39. The predicted octanol–water partition coefficient (Wildman–Crippen LogP) is 1.77. The maximum atomic E-state index is 5.59. The minimum absolute atomic E-state index is 0.839.